The highest BCUT2D eigenvalue weighted by Crippen LogP contribution is 2.21. The van der Waals surface area contributed by atoms with Gasteiger partial charge >= 0.3 is 0 Å². The van der Waals surface area contributed by atoms with Crippen molar-refractivity contribution in [3.05, 3.63) is 35.9 Å². The Morgan fingerprint density at radius 3 is 2.19 bits per heavy atom. The quantitative estimate of drug-likeness (QED) is 0.757. The molecule has 1 aromatic rings. The number of rotatable bonds is 6. The van der Waals surface area contributed by atoms with Gasteiger partial charge in [-0.05, 0) is 31.2 Å². The van der Waals surface area contributed by atoms with Crippen LogP contribution in [0.3, 0.4) is 0 Å². The van der Waals surface area contributed by atoms with E-state index in [1.54, 1.807) is 0 Å². The van der Waals surface area contributed by atoms with Crippen molar-refractivity contribution < 1.29 is 0 Å². The van der Waals surface area contributed by atoms with Gasteiger partial charge in [-0.3, -0.25) is 0 Å². The highest BCUT2D eigenvalue weighted by molar-refractivity contribution is 5.19. The van der Waals surface area contributed by atoms with E-state index in [0.717, 1.165) is 5.92 Å². The molecule has 0 aromatic heterocycles. The number of hydrogen-bond acceptors (Lipinski definition) is 1. The van der Waals surface area contributed by atoms with Crippen molar-refractivity contribution in [1.82, 2.24) is 5.32 Å². The third-order valence-electron chi connectivity index (χ3n) is 3.01. The number of hydrogen-bond donors (Lipinski definition) is 1. The highest BCUT2D eigenvalue weighted by atomic mass is 14.9. The second kappa shape index (κ2) is 6.70. The summed E-state index contributed by atoms with van der Waals surface area (Å²) in [5.41, 5.74) is 1.41. The van der Waals surface area contributed by atoms with Crippen molar-refractivity contribution >= 4 is 0 Å². The van der Waals surface area contributed by atoms with Gasteiger partial charge in [0.1, 0.15) is 0 Å². The fraction of sp³-hybridized carbons (Fsp3) is 0.600. The first-order valence-corrected chi connectivity index (χ1v) is 6.44. The van der Waals surface area contributed by atoms with Crippen molar-refractivity contribution in [2.24, 2.45) is 5.92 Å². The van der Waals surface area contributed by atoms with Crippen LogP contribution in [0.5, 0.6) is 0 Å². The second-order valence-corrected chi connectivity index (χ2v) is 5.07. The molecule has 1 heteroatoms. The molecule has 0 saturated heterocycles. The minimum atomic E-state index is 0.496. The summed E-state index contributed by atoms with van der Waals surface area (Å²) >= 11 is 0. The Hall–Kier alpha value is -0.820. The van der Waals surface area contributed by atoms with Gasteiger partial charge in [-0.2, -0.15) is 0 Å². The third-order valence-corrected chi connectivity index (χ3v) is 3.01. The van der Waals surface area contributed by atoms with Crippen LogP contribution in [0.15, 0.2) is 30.3 Å². The molecule has 90 valence electrons. The molecule has 16 heavy (non-hydrogen) atoms. The SMILES string of the molecule is CCC(C)NC(CC(C)C)c1ccccc1. The van der Waals surface area contributed by atoms with Gasteiger partial charge in [0.05, 0.1) is 0 Å². The van der Waals surface area contributed by atoms with Crippen LogP contribution < -0.4 is 5.32 Å². The van der Waals surface area contributed by atoms with E-state index in [9.17, 15) is 0 Å². The highest BCUT2D eigenvalue weighted by Gasteiger charge is 2.14. The molecule has 0 amide bonds. The number of benzene rings is 1. The van der Waals surface area contributed by atoms with Gasteiger partial charge in [0.25, 0.3) is 0 Å². The van der Waals surface area contributed by atoms with Crippen LogP contribution in [-0.2, 0) is 0 Å². The first-order valence-electron chi connectivity index (χ1n) is 6.44. The maximum absolute atomic E-state index is 3.71. The van der Waals surface area contributed by atoms with Crippen LogP contribution >= 0.6 is 0 Å². The molecule has 0 radical (unpaired) electrons. The molecule has 1 nitrogen and oxygen atoms in total. The molecular weight excluding hydrogens is 194 g/mol. The molecule has 2 unspecified atom stereocenters. The van der Waals surface area contributed by atoms with Gasteiger partial charge in [0, 0.05) is 12.1 Å². The van der Waals surface area contributed by atoms with Gasteiger partial charge < -0.3 is 5.32 Å². The second-order valence-electron chi connectivity index (χ2n) is 5.07. The molecule has 1 rings (SSSR count). The van der Waals surface area contributed by atoms with Crippen molar-refractivity contribution in [2.75, 3.05) is 0 Å². The van der Waals surface area contributed by atoms with E-state index in [-0.39, 0.29) is 0 Å². The molecule has 1 aromatic carbocycles. The fourth-order valence-corrected chi connectivity index (χ4v) is 1.92. The first kappa shape index (κ1) is 13.2. The molecule has 0 fully saturated rings. The van der Waals surface area contributed by atoms with Crippen LogP contribution in [0.25, 0.3) is 0 Å². The van der Waals surface area contributed by atoms with Gasteiger partial charge in [0.2, 0.25) is 0 Å². The zero-order valence-electron chi connectivity index (χ0n) is 11.0. The molecule has 1 N–H and O–H groups in total. The van der Waals surface area contributed by atoms with Crippen LogP contribution in [0.2, 0.25) is 0 Å². The van der Waals surface area contributed by atoms with Crippen molar-refractivity contribution in [3.8, 4) is 0 Å². The minimum absolute atomic E-state index is 0.496. The van der Waals surface area contributed by atoms with Crippen LogP contribution in [-0.4, -0.2) is 6.04 Å². The smallest absolute Gasteiger partial charge is 0.0324 e. The molecule has 0 saturated carbocycles. The lowest BCUT2D eigenvalue weighted by Gasteiger charge is -2.24. The Bertz CT molecular complexity index is 279. The maximum Gasteiger partial charge on any atom is 0.0324 e. The number of nitrogens with one attached hydrogen (secondary N) is 1. The van der Waals surface area contributed by atoms with Crippen LogP contribution in [0.4, 0.5) is 0 Å². The van der Waals surface area contributed by atoms with E-state index in [4.69, 9.17) is 0 Å². The first-order chi connectivity index (χ1) is 7.63. The molecule has 0 aliphatic carbocycles. The van der Waals surface area contributed by atoms with E-state index in [1.807, 2.05) is 0 Å². The summed E-state index contributed by atoms with van der Waals surface area (Å²) in [6, 6.07) is 11.9. The third kappa shape index (κ3) is 4.36. The Kier molecular flexibility index (Phi) is 5.54. The standard InChI is InChI=1S/C15H25N/c1-5-13(4)16-15(11-12(2)3)14-9-7-6-8-10-14/h6-10,12-13,15-16H,5,11H2,1-4H3. The lowest BCUT2D eigenvalue weighted by molar-refractivity contribution is 0.384. The molecular formula is C15H25N. The van der Waals surface area contributed by atoms with Gasteiger partial charge in [-0.25, -0.2) is 0 Å². The van der Waals surface area contributed by atoms with E-state index >= 15 is 0 Å². The summed E-state index contributed by atoms with van der Waals surface area (Å²) in [4.78, 5) is 0. The average molecular weight is 219 g/mol. The zero-order valence-corrected chi connectivity index (χ0v) is 11.0. The van der Waals surface area contributed by atoms with Gasteiger partial charge in [0.15, 0.2) is 0 Å². The zero-order chi connectivity index (χ0) is 12.0. The average Bonchev–Trinajstić information content (AvgIpc) is 2.28. The Labute approximate surface area is 100 Å². The van der Waals surface area contributed by atoms with E-state index < -0.39 is 0 Å². The molecule has 0 aliphatic heterocycles. The van der Waals surface area contributed by atoms with Crippen molar-refractivity contribution in [3.63, 3.8) is 0 Å². The summed E-state index contributed by atoms with van der Waals surface area (Å²) in [6.07, 6.45) is 2.38. The Morgan fingerprint density at radius 1 is 1.06 bits per heavy atom. The van der Waals surface area contributed by atoms with E-state index in [2.05, 4.69) is 63.3 Å². The summed E-state index contributed by atoms with van der Waals surface area (Å²) in [7, 11) is 0. The monoisotopic (exact) mass is 219 g/mol. The normalized spacial score (nSPS) is 15.1. The summed E-state index contributed by atoms with van der Waals surface area (Å²) < 4.78 is 0. The van der Waals surface area contributed by atoms with Gasteiger partial charge in [-0.1, -0.05) is 51.1 Å². The predicted octanol–water partition coefficient (Wildman–Crippen LogP) is 4.16. The van der Waals surface area contributed by atoms with E-state index in [1.165, 1.54) is 18.4 Å². The lowest BCUT2D eigenvalue weighted by Crippen LogP contribution is -2.30. The topological polar surface area (TPSA) is 12.0 Å². The van der Waals surface area contributed by atoms with Crippen LogP contribution in [0.1, 0.15) is 52.1 Å². The summed E-state index contributed by atoms with van der Waals surface area (Å²) in [5, 5.41) is 3.71. The Morgan fingerprint density at radius 2 is 1.69 bits per heavy atom. The van der Waals surface area contributed by atoms with Crippen molar-refractivity contribution in [1.29, 1.82) is 0 Å². The van der Waals surface area contributed by atoms with E-state index in [0.29, 0.717) is 12.1 Å². The summed E-state index contributed by atoms with van der Waals surface area (Å²) in [5.74, 6) is 0.724. The predicted molar refractivity (Wildman–Crippen MR) is 71.5 cm³/mol. The molecule has 0 heterocycles. The molecule has 0 spiro atoms. The summed E-state index contributed by atoms with van der Waals surface area (Å²) in [6.45, 7) is 9.06. The molecule has 0 aliphatic rings. The molecule has 2 atom stereocenters. The molecule has 0 bridgehead atoms. The lowest BCUT2D eigenvalue weighted by atomic mass is 9.96. The largest absolute Gasteiger partial charge is 0.307 e. The minimum Gasteiger partial charge on any atom is -0.307 e. The van der Waals surface area contributed by atoms with Gasteiger partial charge in [-0.15, -0.1) is 0 Å². The Balaban J connectivity index is 2.71. The maximum atomic E-state index is 3.71. The van der Waals surface area contributed by atoms with Crippen molar-refractivity contribution in [2.45, 2.75) is 52.6 Å². The fourth-order valence-electron chi connectivity index (χ4n) is 1.92. The van der Waals surface area contributed by atoms with Crippen LogP contribution in [0, 0.1) is 5.92 Å².